The lowest BCUT2D eigenvalue weighted by Crippen LogP contribution is -2.21. The number of nitro groups is 1. The van der Waals surface area contributed by atoms with Crippen molar-refractivity contribution in [1.29, 1.82) is 0 Å². The molecule has 0 radical (unpaired) electrons. The van der Waals surface area contributed by atoms with Gasteiger partial charge in [0.25, 0.3) is 11.6 Å². The number of amides is 1. The Kier molecular flexibility index (Phi) is 5.80. The van der Waals surface area contributed by atoms with Crippen LogP contribution in [0.2, 0.25) is 5.02 Å². The van der Waals surface area contributed by atoms with Gasteiger partial charge >= 0.3 is 0 Å². The maximum Gasteiger partial charge on any atom is 0.293 e. The molecule has 0 aliphatic carbocycles. The van der Waals surface area contributed by atoms with Gasteiger partial charge in [0, 0.05) is 10.5 Å². The standard InChI is InChI=1S/C16H14BrClN2O4/c1-9-5-13(14(20(22)23)6-10(9)2)19-16(21)8-24-15-4-3-11(17)7-12(15)18/h3-7H,8H2,1-2H3,(H,19,21). The number of anilines is 1. The average Bonchev–Trinajstić information content (AvgIpc) is 2.49. The van der Waals surface area contributed by atoms with Gasteiger partial charge in [-0.1, -0.05) is 27.5 Å². The molecular formula is C16H14BrClN2O4. The molecule has 6 nitrogen and oxygen atoms in total. The van der Waals surface area contributed by atoms with Crippen molar-refractivity contribution >= 4 is 44.8 Å². The fourth-order valence-electron chi connectivity index (χ4n) is 1.97. The third-order valence-corrected chi connectivity index (χ3v) is 4.12. The van der Waals surface area contributed by atoms with Gasteiger partial charge in [-0.25, -0.2) is 0 Å². The molecule has 8 heteroatoms. The number of carbonyl (C=O) groups excluding carboxylic acids is 1. The van der Waals surface area contributed by atoms with E-state index in [0.717, 1.165) is 15.6 Å². The van der Waals surface area contributed by atoms with Gasteiger partial charge in [-0.2, -0.15) is 0 Å². The summed E-state index contributed by atoms with van der Waals surface area (Å²) in [6.45, 7) is 3.27. The number of nitrogens with zero attached hydrogens (tertiary/aromatic N) is 1. The minimum Gasteiger partial charge on any atom is -0.482 e. The summed E-state index contributed by atoms with van der Waals surface area (Å²) in [5.41, 5.74) is 1.59. The number of rotatable bonds is 5. The molecule has 2 rings (SSSR count). The summed E-state index contributed by atoms with van der Waals surface area (Å²) in [5.74, 6) is -0.162. The van der Waals surface area contributed by atoms with Crippen molar-refractivity contribution in [3.63, 3.8) is 0 Å². The Hall–Kier alpha value is -2.12. The summed E-state index contributed by atoms with van der Waals surface area (Å²) in [5, 5.41) is 14.0. The predicted octanol–water partition coefficient (Wildman–Crippen LogP) is 4.65. The topological polar surface area (TPSA) is 81.5 Å². The van der Waals surface area contributed by atoms with Gasteiger partial charge in [-0.15, -0.1) is 0 Å². The van der Waals surface area contributed by atoms with Crippen LogP contribution in [-0.2, 0) is 4.79 Å². The van der Waals surface area contributed by atoms with E-state index in [9.17, 15) is 14.9 Å². The van der Waals surface area contributed by atoms with Crippen LogP contribution in [0.15, 0.2) is 34.8 Å². The first-order valence-corrected chi connectivity index (χ1v) is 8.08. The van der Waals surface area contributed by atoms with Crippen LogP contribution in [0, 0.1) is 24.0 Å². The van der Waals surface area contributed by atoms with Crippen LogP contribution >= 0.6 is 27.5 Å². The number of ether oxygens (including phenoxy) is 1. The Morgan fingerprint density at radius 1 is 1.29 bits per heavy atom. The molecule has 1 N–H and O–H groups in total. The highest BCUT2D eigenvalue weighted by Crippen LogP contribution is 2.29. The minimum absolute atomic E-state index is 0.138. The number of hydrogen-bond donors (Lipinski definition) is 1. The van der Waals surface area contributed by atoms with E-state index in [1.807, 2.05) is 6.92 Å². The molecule has 0 fully saturated rings. The van der Waals surface area contributed by atoms with Crippen LogP contribution in [-0.4, -0.2) is 17.4 Å². The molecule has 0 saturated carbocycles. The van der Waals surface area contributed by atoms with Crippen LogP contribution in [0.25, 0.3) is 0 Å². The number of nitro benzene ring substituents is 1. The van der Waals surface area contributed by atoms with Crippen molar-refractivity contribution in [3.8, 4) is 5.75 Å². The van der Waals surface area contributed by atoms with E-state index in [2.05, 4.69) is 21.2 Å². The summed E-state index contributed by atoms with van der Waals surface area (Å²) in [6, 6.07) is 7.99. The highest BCUT2D eigenvalue weighted by Gasteiger charge is 2.18. The average molecular weight is 414 g/mol. The van der Waals surface area contributed by atoms with Crippen molar-refractivity contribution in [3.05, 3.63) is 61.1 Å². The Labute approximate surface area is 152 Å². The molecule has 0 aliphatic rings. The van der Waals surface area contributed by atoms with Gasteiger partial charge in [0.05, 0.1) is 9.95 Å². The number of aryl methyl sites for hydroxylation is 2. The fourth-order valence-corrected chi connectivity index (χ4v) is 2.70. The summed E-state index contributed by atoms with van der Waals surface area (Å²) < 4.78 is 6.13. The Morgan fingerprint density at radius 2 is 1.96 bits per heavy atom. The van der Waals surface area contributed by atoms with Gasteiger partial charge in [-0.05, 0) is 49.2 Å². The molecule has 126 valence electrons. The zero-order valence-electron chi connectivity index (χ0n) is 12.9. The number of benzene rings is 2. The molecule has 2 aromatic carbocycles. The second-order valence-corrected chi connectivity index (χ2v) is 6.45. The van der Waals surface area contributed by atoms with Crippen molar-refractivity contribution < 1.29 is 14.5 Å². The molecule has 2 aromatic rings. The molecule has 0 aliphatic heterocycles. The Morgan fingerprint density at radius 3 is 2.58 bits per heavy atom. The maximum absolute atomic E-state index is 12.0. The monoisotopic (exact) mass is 412 g/mol. The van der Waals surface area contributed by atoms with Gasteiger partial charge in [-0.3, -0.25) is 14.9 Å². The summed E-state index contributed by atoms with van der Waals surface area (Å²) in [6.07, 6.45) is 0. The normalized spacial score (nSPS) is 10.3. The Bertz CT molecular complexity index is 811. The molecule has 0 bridgehead atoms. The van der Waals surface area contributed by atoms with Crippen LogP contribution in [0.3, 0.4) is 0 Å². The lowest BCUT2D eigenvalue weighted by atomic mass is 10.1. The van der Waals surface area contributed by atoms with E-state index in [-0.39, 0.29) is 18.0 Å². The second kappa shape index (κ2) is 7.63. The molecule has 0 aromatic heterocycles. The summed E-state index contributed by atoms with van der Waals surface area (Å²) in [4.78, 5) is 22.6. The van der Waals surface area contributed by atoms with E-state index in [1.165, 1.54) is 6.07 Å². The first kappa shape index (κ1) is 18.2. The molecule has 0 heterocycles. The van der Waals surface area contributed by atoms with E-state index in [4.69, 9.17) is 16.3 Å². The largest absolute Gasteiger partial charge is 0.482 e. The summed E-state index contributed by atoms with van der Waals surface area (Å²) >= 11 is 9.27. The van der Waals surface area contributed by atoms with Crippen LogP contribution in [0.1, 0.15) is 11.1 Å². The van der Waals surface area contributed by atoms with Crippen molar-refractivity contribution in [2.24, 2.45) is 0 Å². The number of halogens is 2. The molecule has 0 unspecified atom stereocenters. The van der Waals surface area contributed by atoms with Crippen molar-refractivity contribution in [1.82, 2.24) is 0 Å². The summed E-state index contributed by atoms with van der Waals surface area (Å²) in [7, 11) is 0. The van der Waals surface area contributed by atoms with E-state index in [1.54, 1.807) is 31.2 Å². The highest BCUT2D eigenvalue weighted by molar-refractivity contribution is 9.10. The quantitative estimate of drug-likeness (QED) is 0.571. The van der Waals surface area contributed by atoms with Gasteiger partial charge in [0.1, 0.15) is 11.4 Å². The lowest BCUT2D eigenvalue weighted by molar-refractivity contribution is -0.384. The predicted molar refractivity (Wildman–Crippen MR) is 95.8 cm³/mol. The maximum atomic E-state index is 12.0. The SMILES string of the molecule is Cc1cc(NC(=O)COc2ccc(Br)cc2Cl)c([N+](=O)[O-])cc1C. The zero-order chi connectivity index (χ0) is 17.9. The molecule has 24 heavy (non-hydrogen) atoms. The second-order valence-electron chi connectivity index (χ2n) is 5.12. The number of hydrogen-bond acceptors (Lipinski definition) is 4. The minimum atomic E-state index is -0.533. The zero-order valence-corrected chi connectivity index (χ0v) is 15.3. The first-order chi connectivity index (χ1) is 11.3. The van der Waals surface area contributed by atoms with Crippen LogP contribution in [0.5, 0.6) is 5.75 Å². The van der Waals surface area contributed by atoms with Crippen molar-refractivity contribution in [2.45, 2.75) is 13.8 Å². The number of carbonyl (C=O) groups is 1. The number of nitrogens with one attached hydrogen (secondary N) is 1. The van der Waals surface area contributed by atoms with E-state index < -0.39 is 10.8 Å². The fraction of sp³-hybridized carbons (Fsp3) is 0.188. The van der Waals surface area contributed by atoms with E-state index >= 15 is 0 Å². The molecule has 1 amide bonds. The van der Waals surface area contributed by atoms with Crippen molar-refractivity contribution in [2.75, 3.05) is 11.9 Å². The first-order valence-electron chi connectivity index (χ1n) is 6.91. The smallest absolute Gasteiger partial charge is 0.293 e. The van der Waals surface area contributed by atoms with Gasteiger partial charge in [0.2, 0.25) is 0 Å². The molecule has 0 spiro atoms. The lowest BCUT2D eigenvalue weighted by Gasteiger charge is -2.10. The van der Waals surface area contributed by atoms with Crippen LogP contribution < -0.4 is 10.1 Å². The highest BCUT2D eigenvalue weighted by atomic mass is 79.9. The van der Waals surface area contributed by atoms with Crippen LogP contribution in [0.4, 0.5) is 11.4 Å². The Balaban J connectivity index is 2.10. The molecule has 0 saturated heterocycles. The van der Waals surface area contributed by atoms with Gasteiger partial charge < -0.3 is 10.1 Å². The third kappa shape index (κ3) is 4.46. The van der Waals surface area contributed by atoms with Gasteiger partial charge in [0.15, 0.2) is 6.61 Å². The van der Waals surface area contributed by atoms with E-state index in [0.29, 0.717) is 10.8 Å². The third-order valence-electron chi connectivity index (χ3n) is 3.34. The molecule has 0 atom stereocenters. The molecular weight excluding hydrogens is 400 g/mol.